The first-order valence-corrected chi connectivity index (χ1v) is 6.69. The second-order valence-electron chi connectivity index (χ2n) is 4.61. The molecule has 1 amide bonds. The average molecular weight is 248 g/mol. The lowest BCUT2D eigenvalue weighted by atomic mass is 10.2. The monoisotopic (exact) mass is 248 g/mol. The summed E-state index contributed by atoms with van der Waals surface area (Å²) in [5.41, 5.74) is 2.15. The molecule has 0 spiro atoms. The van der Waals surface area contributed by atoms with Crippen molar-refractivity contribution in [2.45, 2.75) is 40.2 Å². The van der Waals surface area contributed by atoms with E-state index in [-0.39, 0.29) is 5.91 Å². The average Bonchev–Trinajstić information content (AvgIpc) is 2.39. The number of benzene rings is 1. The number of hydrogen-bond acceptors (Lipinski definition) is 2. The number of rotatable bonds is 6. The smallest absolute Gasteiger partial charge is 0.240 e. The van der Waals surface area contributed by atoms with Crippen LogP contribution >= 0.6 is 0 Å². The summed E-state index contributed by atoms with van der Waals surface area (Å²) in [4.78, 5) is 14.0. The fourth-order valence-corrected chi connectivity index (χ4v) is 1.85. The highest BCUT2D eigenvalue weighted by molar-refractivity contribution is 5.95. The third kappa shape index (κ3) is 3.84. The van der Waals surface area contributed by atoms with Crippen LogP contribution in [0.2, 0.25) is 0 Å². The zero-order valence-corrected chi connectivity index (χ0v) is 11.9. The number of hydrogen-bond donors (Lipinski definition) is 1. The van der Waals surface area contributed by atoms with E-state index >= 15 is 0 Å². The minimum absolute atomic E-state index is 0.132. The number of carbonyl (C=O) groups excluding carboxylic acids is 1. The second-order valence-corrected chi connectivity index (χ2v) is 4.61. The number of nitrogens with zero attached hydrogens (tertiary/aromatic N) is 1. The predicted octanol–water partition coefficient (Wildman–Crippen LogP) is 2.74. The van der Waals surface area contributed by atoms with Crippen LogP contribution in [0.5, 0.6) is 0 Å². The van der Waals surface area contributed by atoms with Crippen molar-refractivity contribution >= 4 is 11.6 Å². The molecular weight excluding hydrogens is 224 g/mol. The Bertz CT molecular complexity index is 390. The molecule has 1 unspecified atom stereocenters. The fourth-order valence-electron chi connectivity index (χ4n) is 1.85. The summed E-state index contributed by atoms with van der Waals surface area (Å²) in [5.74, 6) is 0.132. The molecule has 0 aliphatic heterocycles. The van der Waals surface area contributed by atoms with E-state index in [4.69, 9.17) is 0 Å². The normalized spacial score (nSPS) is 12.2. The van der Waals surface area contributed by atoms with Gasteiger partial charge in [-0.3, -0.25) is 4.79 Å². The molecule has 1 N–H and O–H groups in total. The first kappa shape index (κ1) is 14.7. The van der Waals surface area contributed by atoms with E-state index in [0.717, 1.165) is 17.7 Å². The predicted molar refractivity (Wildman–Crippen MR) is 77.0 cm³/mol. The number of nitrogens with one attached hydrogen (secondary N) is 1. The Kier molecular flexibility index (Phi) is 5.86. The molecule has 0 aliphatic rings. The van der Waals surface area contributed by atoms with Crippen molar-refractivity contribution in [3.05, 3.63) is 29.8 Å². The van der Waals surface area contributed by atoms with Crippen LogP contribution in [0.1, 0.15) is 32.8 Å². The van der Waals surface area contributed by atoms with E-state index in [1.165, 1.54) is 0 Å². The minimum atomic E-state index is 0.132. The van der Waals surface area contributed by atoms with Gasteiger partial charge in [0.2, 0.25) is 5.91 Å². The maximum atomic E-state index is 12.2. The van der Waals surface area contributed by atoms with Crippen LogP contribution in [-0.4, -0.2) is 25.0 Å². The van der Waals surface area contributed by atoms with Crippen molar-refractivity contribution in [2.75, 3.05) is 18.0 Å². The van der Waals surface area contributed by atoms with Gasteiger partial charge in [0.15, 0.2) is 0 Å². The standard InChI is InChI=1S/C15H24N2O/c1-5-13(4)16-11-15(18)17(6-2)14-10-8-7-9-12(14)3/h7-10,13,16H,5-6,11H2,1-4H3. The summed E-state index contributed by atoms with van der Waals surface area (Å²) in [6.45, 7) is 9.35. The lowest BCUT2D eigenvalue weighted by molar-refractivity contribution is -0.117. The molecule has 0 aromatic heterocycles. The number of anilines is 1. The number of amides is 1. The van der Waals surface area contributed by atoms with E-state index < -0.39 is 0 Å². The van der Waals surface area contributed by atoms with E-state index in [0.29, 0.717) is 19.1 Å². The lowest BCUT2D eigenvalue weighted by Crippen LogP contribution is -2.41. The van der Waals surface area contributed by atoms with Crippen LogP contribution in [0.4, 0.5) is 5.69 Å². The van der Waals surface area contributed by atoms with Crippen LogP contribution < -0.4 is 10.2 Å². The maximum Gasteiger partial charge on any atom is 0.240 e. The van der Waals surface area contributed by atoms with Gasteiger partial charge in [-0.25, -0.2) is 0 Å². The topological polar surface area (TPSA) is 32.3 Å². The molecule has 0 radical (unpaired) electrons. The molecule has 100 valence electrons. The molecule has 0 saturated heterocycles. The van der Waals surface area contributed by atoms with Gasteiger partial charge in [-0.2, -0.15) is 0 Å². The molecule has 1 atom stereocenters. The van der Waals surface area contributed by atoms with Gasteiger partial charge in [-0.1, -0.05) is 25.1 Å². The van der Waals surface area contributed by atoms with Gasteiger partial charge >= 0.3 is 0 Å². The molecule has 3 heteroatoms. The molecule has 0 aliphatic carbocycles. The number of para-hydroxylation sites is 1. The summed E-state index contributed by atoms with van der Waals surface area (Å²) < 4.78 is 0. The van der Waals surface area contributed by atoms with Crippen molar-refractivity contribution in [1.29, 1.82) is 0 Å². The Hall–Kier alpha value is -1.35. The van der Waals surface area contributed by atoms with Gasteiger partial charge in [0, 0.05) is 18.3 Å². The van der Waals surface area contributed by atoms with E-state index in [9.17, 15) is 4.79 Å². The van der Waals surface area contributed by atoms with Gasteiger partial charge in [0.25, 0.3) is 0 Å². The highest BCUT2D eigenvalue weighted by atomic mass is 16.2. The second kappa shape index (κ2) is 7.17. The first-order chi connectivity index (χ1) is 8.60. The highest BCUT2D eigenvalue weighted by Gasteiger charge is 2.15. The lowest BCUT2D eigenvalue weighted by Gasteiger charge is -2.24. The van der Waals surface area contributed by atoms with Crippen molar-refractivity contribution in [2.24, 2.45) is 0 Å². The molecule has 0 heterocycles. The van der Waals surface area contributed by atoms with Crippen molar-refractivity contribution in [3.8, 4) is 0 Å². The summed E-state index contributed by atoms with van der Waals surface area (Å²) in [5, 5.41) is 3.24. The Morgan fingerprint density at radius 1 is 1.33 bits per heavy atom. The quantitative estimate of drug-likeness (QED) is 0.839. The Morgan fingerprint density at radius 2 is 2.00 bits per heavy atom. The van der Waals surface area contributed by atoms with Crippen LogP contribution in [0.15, 0.2) is 24.3 Å². The first-order valence-electron chi connectivity index (χ1n) is 6.69. The largest absolute Gasteiger partial charge is 0.311 e. The van der Waals surface area contributed by atoms with Gasteiger partial charge in [-0.15, -0.1) is 0 Å². The highest BCUT2D eigenvalue weighted by Crippen LogP contribution is 2.19. The summed E-state index contributed by atoms with van der Waals surface area (Å²) in [6.07, 6.45) is 1.03. The Morgan fingerprint density at radius 3 is 2.56 bits per heavy atom. The van der Waals surface area contributed by atoms with Gasteiger partial charge < -0.3 is 10.2 Å². The zero-order chi connectivity index (χ0) is 13.5. The van der Waals surface area contributed by atoms with Crippen LogP contribution in [-0.2, 0) is 4.79 Å². The summed E-state index contributed by atoms with van der Waals surface area (Å²) >= 11 is 0. The minimum Gasteiger partial charge on any atom is -0.311 e. The third-order valence-electron chi connectivity index (χ3n) is 3.24. The zero-order valence-electron chi connectivity index (χ0n) is 11.9. The van der Waals surface area contributed by atoms with E-state index in [2.05, 4.69) is 19.2 Å². The summed E-state index contributed by atoms with van der Waals surface area (Å²) in [7, 11) is 0. The molecule has 1 aromatic carbocycles. The molecular formula is C15H24N2O. The van der Waals surface area contributed by atoms with Crippen molar-refractivity contribution in [3.63, 3.8) is 0 Å². The number of likely N-dealkylation sites (N-methyl/N-ethyl adjacent to an activating group) is 1. The third-order valence-corrected chi connectivity index (χ3v) is 3.24. The molecule has 0 fully saturated rings. The van der Waals surface area contributed by atoms with Crippen LogP contribution in [0, 0.1) is 6.92 Å². The molecule has 0 saturated carbocycles. The van der Waals surface area contributed by atoms with E-state index in [1.54, 1.807) is 0 Å². The van der Waals surface area contributed by atoms with Gasteiger partial charge in [0.1, 0.15) is 0 Å². The Balaban J connectivity index is 2.72. The summed E-state index contributed by atoms with van der Waals surface area (Å²) in [6, 6.07) is 8.38. The van der Waals surface area contributed by atoms with Gasteiger partial charge in [0.05, 0.1) is 6.54 Å². The molecule has 1 rings (SSSR count). The van der Waals surface area contributed by atoms with Crippen molar-refractivity contribution in [1.82, 2.24) is 5.32 Å². The molecule has 1 aromatic rings. The SMILES string of the molecule is CCC(C)NCC(=O)N(CC)c1ccccc1C. The maximum absolute atomic E-state index is 12.2. The molecule has 3 nitrogen and oxygen atoms in total. The van der Waals surface area contributed by atoms with Crippen LogP contribution in [0.3, 0.4) is 0 Å². The van der Waals surface area contributed by atoms with E-state index in [1.807, 2.05) is 43.0 Å². The van der Waals surface area contributed by atoms with Crippen molar-refractivity contribution < 1.29 is 4.79 Å². The molecule has 18 heavy (non-hydrogen) atoms. The number of aryl methyl sites for hydroxylation is 1. The van der Waals surface area contributed by atoms with Crippen LogP contribution in [0.25, 0.3) is 0 Å². The number of carbonyl (C=O) groups is 1. The fraction of sp³-hybridized carbons (Fsp3) is 0.533. The van der Waals surface area contributed by atoms with Gasteiger partial charge in [-0.05, 0) is 38.8 Å². The Labute approximate surface area is 110 Å². The molecule has 0 bridgehead atoms.